The molecule has 0 aliphatic carbocycles. The third kappa shape index (κ3) is 6.01. The Bertz CT molecular complexity index is 405. The number of aliphatic carboxylic acids is 1. The first-order chi connectivity index (χ1) is 9.13. The van der Waals surface area contributed by atoms with Gasteiger partial charge < -0.3 is 15.2 Å². The average Bonchev–Trinajstić information content (AvgIpc) is 2.39. The lowest BCUT2D eigenvalue weighted by molar-refractivity contribution is -0.141. The second-order valence-corrected chi connectivity index (χ2v) is 4.09. The molecule has 104 valence electrons. The Morgan fingerprint density at radius 2 is 2.00 bits per heavy atom. The fraction of sp³-hybridized carbons (Fsp3) is 0.429. The summed E-state index contributed by atoms with van der Waals surface area (Å²) in [6.45, 7) is 2.69. The maximum atomic E-state index is 11.6. The Morgan fingerprint density at radius 3 is 2.58 bits per heavy atom. The largest absolute Gasteiger partial charge is 0.480 e. The Morgan fingerprint density at radius 1 is 1.32 bits per heavy atom. The van der Waals surface area contributed by atoms with Crippen LogP contribution in [0, 0.1) is 0 Å². The van der Waals surface area contributed by atoms with E-state index in [-0.39, 0.29) is 18.7 Å². The van der Waals surface area contributed by atoms with Crippen LogP contribution >= 0.6 is 0 Å². The molecule has 0 aliphatic heterocycles. The second kappa shape index (κ2) is 8.26. The first-order valence-electron chi connectivity index (χ1n) is 6.27. The molecule has 0 aliphatic rings. The van der Waals surface area contributed by atoms with Crippen LogP contribution in [0.5, 0.6) is 0 Å². The Labute approximate surface area is 112 Å². The fourth-order valence-corrected chi connectivity index (χ4v) is 1.63. The summed E-state index contributed by atoms with van der Waals surface area (Å²) in [7, 11) is 0. The van der Waals surface area contributed by atoms with E-state index in [1.807, 2.05) is 37.3 Å². The van der Waals surface area contributed by atoms with Crippen LogP contribution in [0.4, 0.5) is 0 Å². The lowest BCUT2D eigenvalue weighted by Crippen LogP contribution is -2.42. The van der Waals surface area contributed by atoms with E-state index in [0.717, 1.165) is 5.56 Å². The van der Waals surface area contributed by atoms with Gasteiger partial charge in [-0.2, -0.15) is 0 Å². The van der Waals surface area contributed by atoms with Crippen LogP contribution in [0.3, 0.4) is 0 Å². The normalized spacial score (nSPS) is 11.8. The van der Waals surface area contributed by atoms with Crippen LogP contribution in [0.15, 0.2) is 30.3 Å². The van der Waals surface area contributed by atoms with Gasteiger partial charge >= 0.3 is 5.97 Å². The first kappa shape index (κ1) is 15.2. The van der Waals surface area contributed by atoms with Crippen LogP contribution in [-0.2, 0) is 20.7 Å². The molecule has 0 saturated carbocycles. The van der Waals surface area contributed by atoms with E-state index in [9.17, 15) is 9.59 Å². The number of carboxylic acids is 1. The standard InChI is InChI=1S/C14H19NO4/c1-2-19-9-8-13(16)15-12(14(17)18)10-11-6-4-3-5-7-11/h3-7,12H,2,8-10H2,1H3,(H,15,16)(H,17,18)/t12-/m0/s1. The molecule has 0 radical (unpaired) electrons. The van der Waals surface area contributed by atoms with Crippen molar-refractivity contribution in [1.82, 2.24) is 5.32 Å². The molecule has 5 nitrogen and oxygen atoms in total. The van der Waals surface area contributed by atoms with Crippen LogP contribution in [0.2, 0.25) is 0 Å². The molecule has 19 heavy (non-hydrogen) atoms. The van der Waals surface area contributed by atoms with Gasteiger partial charge in [-0.25, -0.2) is 4.79 Å². The van der Waals surface area contributed by atoms with Gasteiger partial charge in [-0.15, -0.1) is 0 Å². The van der Waals surface area contributed by atoms with Crippen molar-refractivity contribution >= 4 is 11.9 Å². The Hall–Kier alpha value is -1.88. The van der Waals surface area contributed by atoms with Crippen LogP contribution in [-0.4, -0.2) is 36.2 Å². The number of benzene rings is 1. The highest BCUT2D eigenvalue weighted by Crippen LogP contribution is 2.03. The zero-order valence-electron chi connectivity index (χ0n) is 11.0. The van der Waals surface area contributed by atoms with Crippen molar-refractivity contribution in [2.45, 2.75) is 25.8 Å². The minimum atomic E-state index is -1.03. The zero-order chi connectivity index (χ0) is 14.1. The van der Waals surface area contributed by atoms with Gasteiger partial charge in [0.2, 0.25) is 5.91 Å². The molecule has 0 spiro atoms. The zero-order valence-corrected chi connectivity index (χ0v) is 11.0. The Kier molecular flexibility index (Phi) is 6.60. The van der Waals surface area contributed by atoms with Gasteiger partial charge in [0.05, 0.1) is 6.61 Å². The smallest absolute Gasteiger partial charge is 0.326 e. The highest BCUT2D eigenvalue weighted by Gasteiger charge is 2.19. The number of hydrogen-bond acceptors (Lipinski definition) is 3. The topological polar surface area (TPSA) is 75.6 Å². The first-order valence-corrected chi connectivity index (χ1v) is 6.27. The number of amides is 1. The number of rotatable bonds is 8. The van der Waals surface area contributed by atoms with E-state index >= 15 is 0 Å². The Balaban J connectivity index is 2.49. The predicted octanol–water partition coefficient (Wildman–Crippen LogP) is 1.23. The van der Waals surface area contributed by atoms with Crippen LogP contribution in [0.25, 0.3) is 0 Å². The number of ether oxygens (including phenoxy) is 1. The van der Waals surface area contributed by atoms with Crippen molar-refractivity contribution in [3.05, 3.63) is 35.9 Å². The molecule has 1 aromatic carbocycles. The molecular weight excluding hydrogens is 246 g/mol. The van der Waals surface area contributed by atoms with Gasteiger partial charge in [0.1, 0.15) is 6.04 Å². The minimum Gasteiger partial charge on any atom is -0.480 e. The molecule has 0 aromatic heterocycles. The SMILES string of the molecule is CCOCCC(=O)N[C@@H](Cc1ccccc1)C(=O)O. The van der Waals surface area contributed by atoms with Crippen molar-refractivity contribution in [1.29, 1.82) is 0 Å². The lowest BCUT2D eigenvalue weighted by Gasteiger charge is -2.14. The van der Waals surface area contributed by atoms with Crippen molar-refractivity contribution in [3.63, 3.8) is 0 Å². The summed E-state index contributed by atoms with van der Waals surface area (Å²) in [5, 5.41) is 11.6. The number of carbonyl (C=O) groups is 2. The van der Waals surface area contributed by atoms with Gasteiger partial charge in [-0.05, 0) is 12.5 Å². The fourth-order valence-electron chi connectivity index (χ4n) is 1.63. The van der Waals surface area contributed by atoms with Gasteiger partial charge in [-0.1, -0.05) is 30.3 Å². The summed E-state index contributed by atoms with van der Waals surface area (Å²) < 4.78 is 5.06. The van der Waals surface area contributed by atoms with E-state index in [1.165, 1.54) is 0 Å². The summed E-state index contributed by atoms with van der Waals surface area (Å²) in [6, 6.07) is 8.30. The molecule has 1 atom stereocenters. The molecule has 1 amide bonds. The van der Waals surface area contributed by atoms with Crippen LogP contribution in [0.1, 0.15) is 18.9 Å². The molecular formula is C14H19NO4. The quantitative estimate of drug-likeness (QED) is 0.693. The third-order valence-corrected chi connectivity index (χ3v) is 2.59. The molecule has 0 heterocycles. The summed E-state index contributed by atoms with van der Waals surface area (Å²) in [4.78, 5) is 22.7. The van der Waals surface area contributed by atoms with Gasteiger partial charge in [-0.3, -0.25) is 4.79 Å². The maximum absolute atomic E-state index is 11.6. The number of carboxylic acid groups (broad SMARTS) is 1. The van der Waals surface area contributed by atoms with E-state index in [1.54, 1.807) is 0 Å². The number of hydrogen-bond donors (Lipinski definition) is 2. The second-order valence-electron chi connectivity index (χ2n) is 4.09. The number of carbonyl (C=O) groups excluding carboxylic acids is 1. The summed E-state index contributed by atoms with van der Waals surface area (Å²) in [5.74, 6) is -1.34. The average molecular weight is 265 g/mol. The van der Waals surface area contributed by atoms with Crippen LogP contribution < -0.4 is 5.32 Å². The van der Waals surface area contributed by atoms with E-state index in [4.69, 9.17) is 9.84 Å². The highest BCUT2D eigenvalue weighted by molar-refractivity contribution is 5.83. The highest BCUT2D eigenvalue weighted by atomic mass is 16.5. The van der Waals surface area contributed by atoms with Crippen molar-refractivity contribution in [2.24, 2.45) is 0 Å². The molecule has 2 N–H and O–H groups in total. The predicted molar refractivity (Wildman–Crippen MR) is 70.8 cm³/mol. The summed E-state index contributed by atoms with van der Waals surface area (Å²) in [5.41, 5.74) is 0.875. The molecule has 0 unspecified atom stereocenters. The maximum Gasteiger partial charge on any atom is 0.326 e. The van der Waals surface area contributed by atoms with Gasteiger partial charge in [0.25, 0.3) is 0 Å². The van der Waals surface area contributed by atoms with E-state index < -0.39 is 12.0 Å². The molecule has 0 bridgehead atoms. The van der Waals surface area contributed by atoms with E-state index in [2.05, 4.69) is 5.32 Å². The monoisotopic (exact) mass is 265 g/mol. The molecule has 0 fully saturated rings. The van der Waals surface area contributed by atoms with Crippen molar-refractivity contribution in [3.8, 4) is 0 Å². The molecule has 1 aromatic rings. The number of nitrogens with one attached hydrogen (secondary N) is 1. The van der Waals surface area contributed by atoms with Gasteiger partial charge in [0, 0.05) is 19.4 Å². The third-order valence-electron chi connectivity index (χ3n) is 2.59. The van der Waals surface area contributed by atoms with Crippen molar-refractivity contribution < 1.29 is 19.4 Å². The molecule has 1 rings (SSSR count). The molecule has 0 saturated heterocycles. The summed E-state index contributed by atoms with van der Waals surface area (Å²) >= 11 is 0. The van der Waals surface area contributed by atoms with Crippen molar-refractivity contribution in [2.75, 3.05) is 13.2 Å². The van der Waals surface area contributed by atoms with Gasteiger partial charge in [0.15, 0.2) is 0 Å². The lowest BCUT2D eigenvalue weighted by atomic mass is 10.1. The summed E-state index contributed by atoms with van der Waals surface area (Å²) in [6.07, 6.45) is 0.447. The molecule has 5 heteroatoms. The minimum absolute atomic E-state index is 0.173. The van der Waals surface area contributed by atoms with E-state index in [0.29, 0.717) is 13.2 Å².